The van der Waals surface area contributed by atoms with Crippen LogP contribution in [0.4, 0.5) is 0 Å². The van der Waals surface area contributed by atoms with Gasteiger partial charge in [-0.3, -0.25) is 0 Å². The number of phenols is 1. The van der Waals surface area contributed by atoms with E-state index in [1.807, 2.05) is 0 Å². The molecule has 0 aliphatic carbocycles. The van der Waals surface area contributed by atoms with E-state index in [1.165, 1.54) is 12.1 Å². The predicted octanol–water partition coefficient (Wildman–Crippen LogP) is 1.77. The Morgan fingerprint density at radius 1 is 1.46 bits per heavy atom. The normalized spacial score (nSPS) is 9.62. The zero-order valence-electron chi connectivity index (χ0n) is 7.19. The standard InChI is InChI=1S/C10H11O3/c1-2-7-13-10(12)8-5-3-4-6-9(8)11/h3-6,11H,1-2,7H2. The van der Waals surface area contributed by atoms with Gasteiger partial charge in [0.15, 0.2) is 0 Å². The zero-order chi connectivity index (χ0) is 9.68. The van der Waals surface area contributed by atoms with Gasteiger partial charge in [0.2, 0.25) is 0 Å². The molecule has 3 heteroatoms. The number of para-hydroxylation sites is 1. The van der Waals surface area contributed by atoms with Gasteiger partial charge in [0.05, 0.1) is 6.61 Å². The highest BCUT2D eigenvalue weighted by Crippen LogP contribution is 2.16. The van der Waals surface area contributed by atoms with E-state index in [0.717, 1.165) is 0 Å². The number of carbonyl (C=O) groups is 1. The maximum Gasteiger partial charge on any atom is 0.341 e. The van der Waals surface area contributed by atoms with Crippen molar-refractivity contribution in [2.75, 3.05) is 6.61 Å². The number of hydrogen-bond acceptors (Lipinski definition) is 3. The lowest BCUT2D eigenvalue weighted by Crippen LogP contribution is -2.05. The molecule has 0 spiro atoms. The largest absolute Gasteiger partial charge is 0.507 e. The molecule has 1 aromatic rings. The average Bonchev–Trinajstić information content (AvgIpc) is 2.15. The fourth-order valence-electron chi connectivity index (χ4n) is 0.889. The Balaban J connectivity index is 2.71. The molecule has 1 radical (unpaired) electrons. The van der Waals surface area contributed by atoms with Crippen molar-refractivity contribution in [3.05, 3.63) is 36.8 Å². The Kier molecular flexibility index (Phi) is 3.31. The molecule has 0 fully saturated rings. The van der Waals surface area contributed by atoms with Crippen molar-refractivity contribution in [2.45, 2.75) is 6.42 Å². The van der Waals surface area contributed by atoms with Gasteiger partial charge in [-0.05, 0) is 25.5 Å². The van der Waals surface area contributed by atoms with Crippen molar-refractivity contribution >= 4 is 5.97 Å². The van der Waals surface area contributed by atoms with E-state index in [0.29, 0.717) is 6.42 Å². The molecule has 69 valence electrons. The van der Waals surface area contributed by atoms with Crippen molar-refractivity contribution in [1.82, 2.24) is 0 Å². The Morgan fingerprint density at radius 3 is 2.77 bits per heavy atom. The van der Waals surface area contributed by atoms with Crippen LogP contribution in [0, 0.1) is 6.92 Å². The first kappa shape index (κ1) is 9.58. The van der Waals surface area contributed by atoms with Crippen LogP contribution in [0.2, 0.25) is 0 Å². The summed E-state index contributed by atoms with van der Waals surface area (Å²) in [5.74, 6) is -0.571. The topological polar surface area (TPSA) is 46.5 Å². The number of aromatic hydroxyl groups is 1. The van der Waals surface area contributed by atoms with Gasteiger partial charge in [0, 0.05) is 0 Å². The first-order valence-corrected chi connectivity index (χ1v) is 4.00. The number of esters is 1. The molecule has 0 atom stereocenters. The highest BCUT2D eigenvalue weighted by Gasteiger charge is 2.10. The van der Waals surface area contributed by atoms with Gasteiger partial charge in [0.1, 0.15) is 11.3 Å². The van der Waals surface area contributed by atoms with E-state index in [4.69, 9.17) is 4.74 Å². The first-order chi connectivity index (χ1) is 6.25. The number of ether oxygens (including phenoxy) is 1. The summed E-state index contributed by atoms with van der Waals surface area (Å²) in [7, 11) is 0. The Morgan fingerprint density at radius 2 is 2.15 bits per heavy atom. The van der Waals surface area contributed by atoms with E-state index in [9.17, 15) is 9.90 Å². The summed E-state index contributed by atoms with van der Waals surface area (Å²) in [5.41, 5.74) is 0.191. The maximum atomic E-state index is 11.2. The Hall–Kier alpha value is -1.51. The molecule has 13 heavy (non-hydrogen) atoms. The highest BCUT2D eigenvalue weighted by atomic mass is 16.5. The van der Waals surface area contributed by atoms with E-state index in [-0.39, 0.29) is 17.9 Å². The van der Waals surface area contributed by atoms with Gasteiger partial charge in [0.25, 0.3) is 0 Å². The Bertz CT molecular complexity index is 294. The second-order valence-corrected chi connectivity index (χ2v) is 2.51. The molecule has 0 bridgehead atoms. The van der Waals surface area contributed by atoms with Crippen LogP contribution in [0.1, 0.15) is 16.8 Å². The molecule has 0 unspecified atom stereocenters. The molecular weight excluding hydrogens is 168 g/mol. The fraction of sp³-hybridized carbons (Fsp3) is 0.200. The minimum Gasteiger partial charge on any atom is -0.507 e. The van der Waals surface area contributed by atoms with Crippen molar-refractivity contribution in [3.63, 3.8) is 0 Å². The maximum absolute atomic E-state index is 11.2. The van der Waals surface area contributed by atoms with Crippen molar-refractivity contribution < 1.29 is 14.6 Å². The molecule has 0 aliphatic heterocycles. The predicted molar refractivity (Wildman–Crippen MR) is 48.4 cm³/mol. The SMILES string of the molecule is [CH2]CCOC(=O)c1ccccc1O. The summed E-state index contributed by atoms with van der Waals surface area (Å²) in [4.78, 5) is 11.2. The summed E-state index contributed by atoms with van der Waals surface area (Å²) in [5, 5.41) is 9.26. The van der Waals surface area contributed by atoms with Gasteiger partial charge in [-0.15, -0.1) is 0 Å². The third-order valence-electron chi connectivity index (χ3n) is 1.50. The molecule has 0 amide bonds. The van der Waals surface area contributed by atoms with Crippen LogP contribution < -0.4 is 0 Å². The summed E-state index contributed by atoms with van der Waals surface area (Å²) in [6, 6.07) is 6.27. The third kappa shape index (κ3) is 2.47. The van der Waals surface area contributed by atoms with Crippen LogP contribution in [0.3, 0.4) is 0 Å². The van der Waals surface area contributed by atoms with Crippen LogP contribution in [-0.2, 0) is 4.74 Å². The van der Waals surface area contributed by atoms with E-state index in [1.54, 1.807) is 12.1 Å². The molecule has 0 saturated heterocycles. The number of benzene rings is 1. The van der Waals surface area contributed by atoms with E-state index >= 15 is 0 Å². The highest BCUT2D eigenvalue weighted by molar-refractivity contribution is 5.92. The molecule has 0 heterocycles. The second kappa shape index (κ2) is 4.50. The van der Waals surface area contributed by atoms with Crippen molar-refractivity contribution in [1.29, 1.82) is 0 Å². The lowest BCUT2D eigenvalue weighted by atomic mass is 10.2. The van der Waals surface area contributed by atoms with Gasteiger partial charge >= 0.3 is 5.97 Å². The van der Waals surface area contributed by atoms with Gasteiger partial charge in [-0.25, -0.2) is 4.79 Å². The molecular formula is C10H11O3. The molecule has 0 aliphatic rings. The average molecular weight is 179 g/mol. The summed E-state index contributed by atoms with van der Waals surface area (Å²) >= 11 is 0. The lowest BCUT2D eigenvalue weighted by Gasteiger charge is -2.03. The first-order valence-electron chi connectivity index (χ1n) is 4.00. The fourth-order valence-corrected chi connectivity index (χ4v) is 0.889. The van der Waals surface area contributed by atoms with Crippen molar-refractivity contribution in [2.24, 2.45) is 0 Å². The molecule has 1 N–H and O–H groups in total. The van der Waals surface area contributed by atoms with Gasteiger partial charge in [-0.2, -0.15) is 0 Å². The van der Waals surface area contributed by atoms with E-state index in [2.05, 4.69) is 6.92 Å². The Labute approximate surface area is 77.0 Å². The van der Waals surface area contributed by atoms with E-state index < -0.39 is 5.97 Å². The smallest absolute Gasteiger partial charge is 0.341 e. The molecule has 3 nitrogen and oxygen atoms in total. The number of carbonyl (C=O) groups excluding carboxylic acids is 1. The molecule has 1 aromatic carbocycles. The lowest BCUT2D eigenvalue weighted by molar-refractivity contribution is 0.0508. The minimum absolute atomic E-state index is 0.0587. The number of rotatable bonds is 3. The minimum atomic E-state index is -0.512. The van der Waals surface area contributed by atoms with Gasteiger partial charge in [-0.1, -0.05) is 12.1 Å². The van der Waals surface area contributed by atoms with Gasteiger partial charge < -0.3 is 9.84 Å². The third-order valence-corrected chi connectivity index (χ3v) is 1.50. The van der Waals surface area contributed by atoms with Crippen LogP contribution >= 0.6 is 0 Å². The summed E-state index contributed by atoms with van der Waals surface area (Å²) in [6.45, 7) is 3.81. The second-order valence-electron chi connectivity index (χ2n) is 2.51. The van der Waals surface area contributed by atoms with Crippen molar-refractivity contribution in [3.8, 4) is 5.75 Å². The molecule has 0 aromatic heterocycles. The molecule has 0 saturated carbocycles. The monoisotopic (exact) mass is 179 g/mol. The summed E-state index contributed by atoms with van der Waals surface area (Å²) in [6.07, 6.45) is 0.527. The van der Waals surface area contributed by atoms with Crippen LogP contribution in [0.25, 0.3) is 0 Å². The summed E-state index contributed by atoms with van der Waals surface area (Å²) < 4.78 is 4.80. The molecule has 1 rings (SSSR count). The zero-order valence-corrected chi connectivity index (χ0v) is 7.19. The quantitative estimate of drug-likeness (QED) is 0.719. The van der Waals surface area contributed by atoms with Crippen LogP contribution in [0.5, 0.6) is 5.75 Å². The number of hydrogen-bond donors (Lipinski definition) is 1. The van der Waals surface area contributed by atoms with Crippen LogP contribution in [0.15, 0.2) is 24.3 Å². The number of phenolic OH excluding ortho intramolecular Hbond substituents is 1. The van der Waals surface area contributed by atoms with Crippen LogP contribution in [-0.4, -0.2) is 17.7 Å².